The van der Waals surface area contributed by atoms with Crippen LogP contribution < -0.4 is 10.6 Å². The topological polar surface area (TPSA) is 145 Å². The van der Waals surface area contributed by atoms with E-state index in [0.717, 1.165) is 4.09 Å². The molecule has 4 heterocycles. The van der Waals surface area contributed by atoms with E-state index in [-0.39, 0.29) is 23.3 Å². The van der Waals surface area contributed by atoms with E-state index >= 15 is 0 Å². The van der Waals surface area contributed by atoms with E-state index < -0.39 is 26.5 Å². The van der Waals surface area contributed by atoms with Gasteiger partial charge in [0.05, 0.1) is 28.9 Å². The fraction of sp³-hybridized carbons (Fsp3) is 0.360. The van der Waals surface area contributed by atoms with Crippen LogP contribution in [-0.2, 0) is 21.0 Å². The van der Waals surface area contributed by atoms with E-state index in [1.165, 1.54) is 30.2 Å². The normalized spacial score (nSPS) is 16.6. The van der Waals surface area contributed by atoms with Crippen LogP contribution in [0, 0.1) is 0 Å². The van der Waals surface area contributed by atoms with Gasteiger partial charge in [-0.3, -0.25) is 4.79 Å². The molecular weight excluding hydrogens is 581 g/mol. The van der Waals surface area contributed by atoms with Gasteiger partial charge in [0.1, 0.15) is 17.4 Å². The maximum Gasteiger partial charge on any atom is 0.443 e. The number of nitrogens with one attached hydrogen (secondary N) is 2. The highest BCUT2D eigenvalue weighted by Crippen LogP contribution is 2.37. The summed E-state index contributed by atoms with van der Waals surface area (Å²) in [5.41, 5.74) is 1.46. The molecule has 4 aromatic rings. The second-order valence-corrected chi connectivity index (χ2v) is 12.8. The Balaban J connectivity index is 1.27. The first-order chi connectivity index (χ1) is 19.6. The summed E-state index contributed by atoms with van der Waals surface area (Å²) in [5, 5.41) is 10.4. The molecule has 16 heteroatoms. The number of halogens is 3. The minimum absolute atomic E-state index is 0.0449. The molecule has 214 valence electrons. The summed E-state index contributed by atoms with van der Waals surface area (Å²) < 4.78 is 65.5. The fourth-order valence-electron chi connectivity index (χ4n) is 4.46. The molecule has 0 bridgehead atoms. The Morgan fingerprint density at radius 2 is 1.80 bits per heavy atom. The van der Waals surface area contributed by atoms with E-state index in [4.69, 9.17) is 0 Å². The molecule has 4 aromatic heterocycles. The number of nitrogens with zero attached hydrogens (tertiary/aromatic N) is 6. The number of aromatic nitrogens is 6. The molecule has 0 atom stereocenters. The van der Waals surface area contributed by atoms with Crippen molar-refractivity contribution in [2.75, 3.05) is 10.6 Å². The van der Waals surface area contributed by atoms with Crippen molar-refractivity contribution in [3.8, 4) is 22.6 Å². The van der Waals surface area contributed by atoms with Crippen LogP contribution in [0.4, 0.5) is 30.5 Å². The van der Waals surface area contributed by atoms with Crippen LogP contribution in [0.25, 0.3) is 22.6 Å². The molecule has 0 aromatic carbocycles. The third-order valence-electron chi connectivity index (χ3n) is 6.77. The van der Waals surface area contributed by atoms with Gasteiger partial charge in [-0.15, -0.1) is 11.3 Å². The van der Waals surface area contributed by atoms with Gasteiger partial charge in [-0.2, -0.15) is 22.4 Å². The summed E-state index contributed by atoms with van der Waals surface area (Å²) in [6.07, 6.45) is 4.43. The number of pyridine rings is 1. The van der Waals surface area contributed by atoms with E-state index in [9.17, 15) is 26.4 Å². The van der Waals surface area contributed by atoms with Gasteiger partial charge in [-0.05, 0) is 31.7 Å². The Morgan fingerprint density at radius 3 is 2.51 bits per heavy atom. The quantitative estimate of drug-likeness (QED) is 0.285. The van der Waals surface area contributed by atoms with Gasteiger partial charge in [0.25, 0.3) is 10.0 Å². The molecule has 2 N–H and O–H groups in total. The van der Waals surface area contributed by atoms with Crippen molar-refractivity contribution in [3.63, 3.8) is 0 Å². The Bertz CT molecular complexity index is 1710. The summed E-state index contributed by atoms with van der Waals surface area (Å²) in [4.78, 5) is 28.5. The highest BCUT2D eigenvalue weighted by molar-refractivity contribution is 7.90. The molecule has 2 aliphatic rings. The van der Waals surface area contributed by atoms with Crippen LogP contribution in [0.5, 0.6) is 0 Å². The number of thiazole rings is 1. The lowest BCUT2D eigenvalue weighted by Crippen LogP contribution is -2.26. The van der Waals surface area contributed by atoms with Crippen molar-refractivity contribution in [2.24, 2.45) is 0 Å². The van der Waals surface area contributed by atoms with Crippen LogP contribution in [0.2, 0.25) is 0 Å². The minimum Gasteiger partial charge on any atom is -0.382 e. The number of carbonyl (C=O) groups is 1. The van der Waals surface area contributed by atoms with Gasteiger partial charge in [0.15, 0.2) is 10.8 Å². The van der Waals surface area contributed by atoms with Crippen molar-refractivity contribution in [1.82, 2.24) is 29.1 Å². The van der Waals surface area contributed by atoms with Gasteiger partial charge < -0.3 is 10.6 Å². The van der Waals surface area contributed by atoms with E-state index in [0.29, 0.717) is 78.3 Å². The average Bonchev–Trinajstić information content (AvgIpc) is 3.46. The van der Waals surface area contributed by atoms with Gasteiger partial charge in [0, 0.05) is 54.0 Å². The average molecular weight is 605 g/mol. The van der Waals surface area contributed by atoms with E-state index in [1.54, 1.807) is 12.1 Å². The second kappa shape index (κ2) is 10.5. The Morgan fingerprint density at radius 1 is 1.02 bits per heavy atom. The van der Waals surface area contributed by atoms with E-state index in [1.807, 2.05) is 0 Å². The van der Waals surface area contributed by atoms with Gasteiger partial charge >= 0.3 is 6.18 Å². The first kappa shape index (κ1) is 27.3. The van der Waals surface area contributed by atoms with Gasteiger partial charge in [-0.1, -0.05) is 0 Å². The molecule has 0 radical (unpaired) electrons. The number of alkyl halides is 3. The van der Waals surface area contributed by atoms with Crippen molar-refractivity contribution in [3.05, 3.63) is 47.3 Å². The van der Waals surface area contributed by atoms with Crippen LogP contribution in [-0.4, -0.2) is 54.6 Å². The lowest BCUT2D eigenvalue weighted by atomic mass is 9.94. The Hall–Kier alpha value is -3.92. The molecule has 0 aliphatic heterocycles. The third-order valence-corrected chi connectivity index (χ3v) is 9.69. The zero-order valence-electron chi connectivity index (χ0n) is 21.3. The summed E-state index contributed by atoms with van der Waals surface area (Å²) in [6.45, 7) is 0. The molecule has 41 heavy (non-hydrogen) atoms. The highest BCUT2D eigenvalue weighted by Gasteiger charge is 2.38. The van der Waals surface area contributed by atoms with Crippen LogP contribution in [0.15, 0.2) is 42.3 Å². The number of hydrogen-bond acceptors (Lipinski definition) is 11. The first-order valence-electron chi connectivity index (χ1n) is 12.8. The number of anilines is 3. The molecule has 2 saturated carbocycles. The van der Waals surface area contributed by atoms with Crippen LogP contribution in [0.3, 0.4) is 0 Å². The number of Topliss-reactive ketones (excluding diaryl/α,β-unsaturated/α-hetero) is 1. The fourth-order valence-corrected chi connectivity index (χ4v) is 6.62. The number of hydrogen-bond donors (Lipinski definition) is 2. The Kier molecular flexibility index (Phi) is 6.97. The standard InChI is InChI=1S/C25H23F3N8O3S2/c26-25(27,28)24-33-20(13-40-24)18-11-30-22(9-19(18)32-15-1-3-16(37)4-2-15)34-21-7-8-29-23(35-21)14-10-31-36(12-14)41(38,39)17-5-6-17/h7-13,15,17H,1-6H2,(H2,29,30,32,34,35). The Labute approximate surface area is 236 Å². The first-order valence-corrected chi connectivity index (χ1v) is 15.2. The zero-order chi connectivity index (χ0) is 28.8. The highest BCUT2D eigenvalue weighted by atomic mass is 32.2. The molecule has 0 saturated heterocycles. The van der Waals surface area contributed by atoms with Crippen LogP contribution >= 0.6 is 11.3 Å². The molecule has 6 rings (SSSR count). The summed E-state index contributed by atoms with van der Waals surface area (Å²) in [6, 6.07) is 3.21. The molecule has 11 nitrogen and oxygen atoms in total. The number of rotatable bonds is 8. The maximum absolute atomic E-state index is 13.2. The third kappa shape index (κ3) is 5.93. The number of carbonyl (C=O) groups excluding carboxylic acids is 1. The predicted molar refractivity (Wildman–Crippen MR) is 145 cm³/mol. The summed E-state index contributed by atoms with van der Waals surface area (Å²) in [5.74, 6) is 1.14. The monoisotopic (exact) mass is 604 g/mol. The van der Waals surface area contributed by atoms with Crippen molar-refractivity contribution >= 4 is 44.5 Å². The molecule has 2 fully saturated rings. The summed E-state index contributed by atoms with van der Waals surface area (Å²) >= 11 is 0.507. The zero-order valence-corrected chi connectivity index (χ0v) is 22.9. The summed E-state index contributed by atoms with van der Waals surface area (Å²) in [7, 11) is -3.53. The largest absolute Gasteiger partial charge is 0.443 e. The minimum atomic E-state index is -4.56. The molecule has 0 unspecified atom stereocenters. The van der Waals surface area contributed by atoms with Gasteiger partial charge in [0.2, 0.25) is 0 Å². The second-order valence-electron chi connectivity index (χ2n) is 9.84. The van der Waals surface area contributed by atoms with Crippen molar-refractivity contribution in [1.29, 1.82) is 0 Å². The SMILES string of the molecule is O=C1CCC(Nc2cc(Nc3ccnc(-c4cnn(S(=O)(=O)C5CC5)c4)n3)ncc2-c2csc(C(F)(F)F)n2)CC1. The molecule has 0 amide bonds. The van der Waals surface area contributed by atoms with E-state index in [2.05, 4.69) is 35.7 Å². The van der Waals surface area contributed by atoms with Crippen molar-refractivity contribution < 1.29 is 26.4 Å². The number of ketones is 1. The maximum atomic E-state index is 13.2. The predicted octanol–water partition coefficient (Wildman–Crippen LogP) is 4.88. The van der Waals surface area contributed by atoms with Gasteiger partial charge in [-0.25, -0.2) is 28.4 Å². The smallest absolute Gasteiger partial charge is 0.382 e. The lowest BCUT2D eigenvalue weighted by Gasteiger charge is -2.24. The lowest BCUT2D eigenvalue weighted by molar-refractivity contribution is -0.137. The molecule has 0 spiro atoms. The molecular formula is C25H23F3N8O3S2. The van der Waals surface area contributed by atoms with Crippen molar-refractivity contribution in [2.45, 2.75) is 56.0 Å². The van der Waals surface area contributed by atoms with Crippen LogP contribution in [0.1, 0.15) is 43.5 Å². The molecule has 2 aliphatic carbocycles.